The third-order valence-electron chi connectivity index (χ3n) is 3.79. The molecule has 0 radical (unpaired) electrons. The van der Waals surface area contributed by atoms with Gasteiger partial charge in [0.2, 0.25) is 0 Å². The molecule has 21 heavy (non-hydrogen) atoms. The minimum atomic E-state index is -0.240. The minimum absolute atomic E-state index is 0.240. The van der Waals surface area contributed by atoms with E-state index in [1.807, 2.05) is 44.2 Å². The van der Waals surface area contributed by atoms with Crippen LogP contribution in [0.15, 0.2) is 54.6 Å². The molecule has 3 aromatic carbocycles. The van der Waals surface area contributed by atoms with Gasteiger partial charge in [0, 0.05) is 5.39 Å². The molecule has 2 heteroatoms. The second kappa shape index (κ2) is 5.57. The molecule has 1 nitrogen and oxygen atoms in total. The lowest BCUT2D eigenvalue weighted by atomic mass is 10.0. The fraction of sp³-hybridized carbons (Fsp3) is 0.158. The fourth-order valence-electron chi connectivity index (χ4n) is 2.49. The summed E-state index contributed by atoms with van der Waals surface area (Å²) < 4.78 is 19.6. The highest BCUT2D eigenvalue weighted by Crippen LogP contribution is 2.33. The standard InChI is InChI=1S/C19H17FO/c1-13-10-16-8-9-17(20)11-18(16)19(14(13)2)21-12-15-6-4-3-5-7-15/h3-11H,12H2,1-2H3. The molecule has 0 saturated carbocycles. The molecule has 0 heterocycles. The van der Waals surface area contributed by atoms with Crippen molar-refractivity contribution in [1.82, 2.24) is 0 Å². The molecular formula is C19H17FO. The quantitative estimate of drug-likeness (QED) is 0.642. The van der Waals surface area contributed by atoms with Crippen molar-refractivity contribution in [2.75, 3.05) is 0 Å². The molecule has 0 N–H and O–H groups in total. The smallest absolute Gasteiger partial charge is 0.130 e. The molecule has 0 aromatic heterocycles. The van der Waals surface area contributed by atoms with Gasteiger partial charge in [-0.25, -0.2) is 4.39 Å². The monoisotopic (exact) mass is 280 g/mol. The number of hydrogen-bond donors (Lipinski definition) is 0. The third-order valence-corrected chi connectivity index (χ3v) is 3.79. The Hall–Kier alpha value is -2.35. The second-order valence-corrected chi connectivity index (χ2v) is 5.29. The first-order valence-electron chi connectivity index (χ1n) is 7.01. The molecular weight excluding hydrogens is 263 g/mol. The van der Waals surface area contributed by atoms with E-state index in [0.29, 0.717) is 6.61 Å². The zero-order valence-corrected chi connectivity index (χ0v) is 12.2. The summed E-state index contributed by atoms with van der Waals surface area (Å²) in [5, 5.41) is 1.83. The van der Waals surface area contributed by atoms with Gasteiger partial charge in [-0.3, -0.25) is 0 Å². The average molecular weight is 280 g/mol. The highest BCUT2D eigenvalue weighted by atomic mass is 19.1. The maximum atomic E-state index is 13.6. The second-order valence-electron chi connectivity index (χ2n) is 5.29. The topological polar surface area (TPSA) is 9.23 Å². The van der Waals surface area contributed by atoms with Gasteiger partial charge in [0.15, 0.2) is 0 Å². The van der Waals surface area contributed by atoms with Crippen molar-refractivity contribution in [2.45, 2.75) is 20.5 Å². The highest BCUT2D eigenvalue weighted by Gasteiger charge is 2.10. The van der Waals surface area contributed by atoms with E-state index in [4.69, 9.17) is 4.74 Å². The fourth-order valence-corrected chi connectivity index (χ4v) is 2.49. The Balaban J connectivity index is 2.03. The largest absolute Gasteiger partial charge is 0.488 e. The van der Waals surface area contributed by atoms with Gasteiger partial charge in [0.1, 0.15) is 18.2 Å². The number of benzene rings is 3. The Kier molecular flexibility index (Phi) is 3.61. The predicted molar refractivity (Wildman–Crippen MR) is 84.2 cm³/mol. The molecule has 0 unspecified atom stereocenters. The Morgan fingerprint density at radius 2 is 1.71 bits per heavy atom. The molecule has 3 rings (SSSR count). The van der Waals surface area contributed by atoms with Gasteiger partial charge in [-0.05, 0) is 48.1 Å². The lowest BCUT2D eigenvalue weighted by Crippen LogP contribution is -1.99. The summed E-state index contributed by atoms with van der Waals surface area (Å²) in [6.45, 7) is 4.55. The van der Waals surface area contributed by atoms with Gasteiger partial charge in [-0.15, -0.1) is 0 Å². The Labute approximate surface area is 124 Å². The van der Waals surface area contributed by atoms with Crippen molar-refractivity contribution >= 4 is 10.8 Å². The SMILES string of the molecule is Cc1cc2ccc(F)cc2c(OCc2ccccc2)c1C. The van der Waals surface area contributed by atoms with Crippen LogP contribution in [-0.4, -0.2) is 0 Å². The molecule has 0 saturated heterocycles. The first kappa shape index (κ1) is 13.6. The van der Waals surface area contributed by atoms with Crippen LogP contribution in [0.2, 0.25) is 0 Å². The van der Waals surface area contributed by atoms with E-state index in [1.165, 1.54) is 6.07 Å². The van der Waals surface area contributed by atoms with Crippen molar-refractivity contribution in [3.8, 4) is 5.75 Å². The maximum Gasteiger partial charge on any atom is 0.130 e. The first-order chi connectivity index (χ1) is 10.1. The van der Waals surface area contributed by atoms with Gasteiger partial charge < -0.3 is 4.74 Å². The first-order valence-corrected chi connectivity index (χ1v) is 7.01. The molecule has 0 spiro atoms. The predicted octanol–water partition coefficient (Wildman–Crippen LogP) is 5.17. The molecule has 0 atom stereocenters. The van der Waals surface area contributed by atoms with E-state index in [2.05, 4.69) is 6.07 Å². The van der Waals surface area contributed by atoms with Crippen molar-refractivity contribution in [3.05, 3.63) is 77.1 Å². The molecule has 0 aliphatic heterocycles. The summed E-state index contributed by atoms with van der Waals surface area (Å²) in [7, 11) is 0. The zero-order valence-electron chi connectivity index (χ0n) is 12.2. The van der Waals surface area contributed by atoms with Gasteiger partial charge in [-0.1, -0.05) is 42.5 Å². The van der Waals surface area contributed by atoms with E-state index in [-0.39, 0.29) is 5.82 Å². The van der Waals surface area contributed by atoms with E-state index < -0.39 is 0 Å². The van der Waals surface area contributed by atoms with Gasteiger partial charge in [0.05, 0.1) is 0 Å². The Bertz CT molecular complexity index is 778. The van der Waals surface area contributed by atoms with Crippen LogP contribution < -0.4 is 4.74 Å². The Morgan fingerprint density at radius 3 is 2.48 bits per heavy atom. The van der Waals surface area contributed by atoms with Gasteiger partial charge in [0.25, 0.3) is 0 Å². The minimum Gasteiger partial charge on any atom is -0.488 e. The normalized spacial score (nSPS) is 10.8. The van der Waals surface area contributed by atoms with E-state index in [1.54, 1.807) is 12.1 Å². The molecule has 0 fully saturated rings. The maximum absolute atomic E-state index is 13.6. The third kappa shape index (κ3) is 2.75. The average Bonchev–Trinajstić information content (AvgIpc) is 2.49. The number of rotatable bonds is 3. The molecule has 0 aliphatic rings. The van der Waals surface area contributed by atoms with Crippen LogP contribution in [0.1, 0.15) is 16.7 Å². The number of ether oxygens (including phenoxy) is 1. The van der Waals surface area contributed by atoms with E-state index >= 15 is 0 Å². The number of fused-ring (bicyclic) bond motifs is 1. The lowest BCUT2D eigenvalue weighted by molar-refractivity contribution is 0.307. The number of hydrogen-bond acceptors (Lipinski definition) is 1. The summed E-state index contributed by atoms with van der Waals surface area (Å²) in [6.07, 6.45) is 0. The van der Waals surface area contributed by atoms with E-state index in [9.17, 15) is 4.39 Å². The number of halogens is 1. The zero-order chi connectivity index (χ0) is 14.8. The highest BCUT2D eigenvalue weighted by molar-refractivity contribution is 5.90. The van der Waals surface area contributed by atoms with Crippen molar-refractivity contribution < 1.29 is 9.13 Å². The van der Waals surface area contributed by atoms with Crippen LogP contribution in [0, 0.1) is 19.7 Å². The van der Waals surface area contributed by atoms with Crippen LogP contribution in [0.5, 0.6) is 5.75 Å². The summed E-state index contributed by atoms with van der Waals surface area (Å²) >= 11 is 0. The molecule has 3 aromatic rings. The summed E-state index contributed by atoms with van der Waals surface area (Å²) in [4.78, 5) is 0. The summed E-state index contributed by atoms with van der Waals surface area (Å²) in [6, 6.07) is 16.9. The van der Waals surface area contributed by atoms with Crippen LogP contribution in [-0.2, 0) is 6.61 Å². The van der Waals surface area contributed by atoms with Crippen LogP contribution in [0.4, 0.5) is 4.39 Å². The van der Waals surface area contributed by atoms with Crippen molar-refractivity contribution in [3.63, 3.8) is 0 Å². The van der Waals surface area contributed by atoms with Crippen LogP contribution in [0.3, 0.4) is 0 Å². The Morgan fingerprint density at radius 1 is 0.952 bits per heavy atom. The molecule has 106 valence electrons. The van der Waals surface area contributed by atoms with Gasteiger partial charge in [-0.2, -0.15) is 0 Å². The van der Waals surface area contributed by atoms with Crippen molar-refractivity contribution in [1.29, 1.82) is 0 Å². The summed E-state index contributed by atoms with van der Waals surface area (Å²) in [5.41, 5.74) is 3.31. The van der Waals surface area contributed by atoms with Crippen molar-refractivity contribution in [2.24, 2.45) is 0 Å². The molecule has 0 amide bonds. The molecule has 0 aliphatic carbocycles. The molecule has 0 bridgehead atoms. The van der Waals surface area contributed by atoms with Crippen LogP contribution in [0.25, 0.3) is 10.8 Å². The van der Waals surface area contributed by atoms with E-state index in [0.717, 1.165) is 33.2 Å². The number of aryl methyl sites for hydroxylation is 1. The lowest BCUT2D eigenvalue weighted by Gasteiger charge is -2.15. The van der Waals surface area contributed by atoms with Gasteiger partial charge >= 0.3 is 0 Å². The summed E-state index contributed by atoms with van der Waals surface area (Å²) in [5.74, 6) is 0.531. The van der Waals surface area contributed by atoms with Crippen LogP contribution >= 0.6 is 0 Å².